The third-order valence-corrected chi connectivity index (χ3v) is 7.67. The number of fused-ring (bicyclic) bond motifs is 1. The lowest BCUT2D eigenvalue weighted by molar-refractivity contribution is -0.128. The topological polar surface area (TPSA) is 105 Å². The van der Waals surface area contributed by atoms with Gasteiger partial charge >= 0.3 is 0 Å². The smallest absolute Gasteiger partial charge is 0.263 e. The van der Waals surface area contributed by atoms with Crippen LogP contribution < -0.4 is 19.7 Å². The number of benzene rings is 3. The van der Waals surface area contributed by atoms with E-state index in [0.29, 0.717) is 11.4 Å². The Hall–Kier alpha value is -3.96. The Morgan fingerprint density at radius 3 is 2.54 bits per heavy atom. The summed E-state index contributed by atoms with van der Waals surface area (Å²) in [4.78, 5) is 27.2. The highest BCUT2D eigenvalue weighted by Crippen LogP contribution is 2.34. The highest BCUT2D eigenvalue weighted by Gasteiger charge is 2.35. The zero-order valence-corrected chi connectivity index (χ0v) is 21.1. The van der Waals surface area contributed by atoms with Gasteiger partial charge in [-0.1, -0.05) is 42.5 Å². The number of carbonyl (C=O) groups excluding carboxylic acids is 2. The molecule has 1 aliphatic rings. The number of halogens is 1. The van der Waals surface area contributed by atoms with Gasteiger partial charge in [0.1, 0.15) is 22.2 Å². The molecule has 0 unspecified atom stereocenters. The molecule has 11 heteroatoms. The van der Waals surface area contributed by atoms with E-state index in [4.69, 9.17) is 9.47 Å². The van der Waals surface area contributed by atoms with E-state index in [-0.39, 0.29) is 18.8 Å². The molecule has 37 heavy (non-hydrogen) atoms. The van der Waals surface area contributed by atoms with E-state index in [1.54, 1.807) is 24.3 Å². The van der Waals surface area contributed by atoms with Crippen molar-refractivity contribution in [3.63, 3.8) is 0 Å². The second kappa shape index (κ2) is 11.0. The second-order valence-corrected chi connectivity index (χ2v) is 10.4. The first-order valence-corrected chi connectivity index (χ1v) is 12.8. The first kappa shape index (κ1) is 26.1. The molecule has 0 saturated carbocycles. The lowest BCUT2D eigenvalue weighted by Crippen LogP contribution is -2.52. The Kier molecular flexibility index (Phi) is 7.74. The van der Waals surface area contributed by atoms with Gasteiger partial charge in [0.15, 0.2) is 6.10 Å². The lowest BCUT2D eigenvalue weighted by atomic mass is 10.1. The van der Waals surface area contributed by atoms with Gasteiger partial charge in [0.2, 0.25) is 15.9 Å². The molecule has 2 amide bonds. The molecule has 0 spiro atoms. The highest BCUT2D eigenvalue weighted by atomic mass is 32.2. The van der Waals surface area contributed by atoms with Crippen molar-refractivity contribution in [2.45, 2.75) is 17.5 Å². The number of nitrogens with zero attached hydrogens (tertiary/aromatic N) is 2. The van der Waals surface area contributed by atoms with Crippen LogP contribution in [0.5, 0.6) is 11.5 Å². The van der Waals surface area contributed by atoms with Crippen LogP contribution in [0, 0.1) is 5.82 Å². The standard InChI is InChI=1S/C26H26FN3O6S/c1-29(37(33,34)24-14-19(27)12-13-22(24)35-2)17-25(31)30-16-23(36-21-11-7-6-10-20(21)30)26(32)28-15-18-8-4-3-5-9-18/h3-14,23H,15-17H2,1-2H3,(H,28,32)/t23-/m1/s1. The summed E-state index contributed by atoms with van der Waals surface area (Å²) in [6, 6.07) is 19.1. The number of anilines is 1. The molecule has 0 bridgehead atoms. The predicted octanol–water partition coefficient (Wildman–Crippen LogP) is 2.57. The van der Waals surface area contributed by atoms with Crippen LogP contribution in [0.25, 0.3) is 0 Å². The van der Waals surface area contributed by atoms with Crippen LogP contribution in [0.4, 0.5) is 10.1 Å². The van der Waals surface area contributed by atoms with Gasteiger partial charge in [-0.05, 0) is 35.9 Å². The van der Waals surface area contributed by atoms with Crippen molar-refractivity contribution in [1.29, 1.82) is 0 Å². The average Bonchev–Trinajstić information content (AvgIpc) is 2.91. The Bertz CT molecular complexity index is 1400. The third-order valence-electron chi connectivity index (χ3n) is 5.85. The fourth-order valence-corrected chi connectivity index (χ4v) is 5.17. The number of likely N-dealkylation sites (N-methyl/N-ethyl adjacent to an activating group) is 1. The Balaban J connectivity index is 1.52. The van der Waals surface area contributed by atoms with E-state index in [2.05, 4.69) is 5.32 Å². The van der Waals surface area contributed by atoms with E-state index in [1.165, 1.54) is 25.1 Å². The summed E-state index contributed by atoms with van der Waals surface area (Å²) in [5, 5.41) is 2.81. The van der Waals surface area contributed by atoms with Crippen molar-refractivity contribution in [3.05, 3.63) is 84.2 Å². The second-order valence-electron chi connectivity index (χ2n) is 8.34. The molecule has 9 nitrogen and oxygen atoms in total. The van der Waals surface area contributed by atoms with Gasteiger partial charge in [-0.2, -0.15) is 4.31 Å². The molecule has 0 radical (unpaired) electrons. The quantitative estimate of drug-likeness (QED) is 0.483. The number of rotatable bonds is 8. The van der Waals surface area contributed by atoms with Crippen LogP contribution in [0.1, 0.15) is 5.56 Å². The number of ether oxygens (including phenoxy) is 2. The molecule has 1 atom stereocenters. The first-order valence-electron chi connectivity index (χ1n) is 11.4. The van der Waals surface area contributed by atoms with Crippen molar-refractivity contribution in [2.24, 2.45) is 0 Å². The number of carbonyl (C=O) groups is 2. The summed E-state index contributed by atoms with van der Waals surface area (Å²) in [6.45, 7) is -0.395. The fraction of sp³-hybridized carbons (Fsp3) is 0.231. The number of hydrogen-bond donors (Lipinski definition) is 1. The molecule has 0 aromatic heterocycles. The van der Waals surface area contributed by atoms with Crippen LogP contribution in [0.2, 0.25) is 0 Å². The number of hydrogen-bond acceptors (Lipinski definition) is 6. The van der Waals surface area contributed by atoms with Crippen molar-refractivity contribution < 1.29 is 31.9 Å². The molecular weight excluding hydrogens is 501 g/mol. The molecule has 4 rings (SSSR count). The fourth-order valence-electron chi connectivity index (χ4n) is 3.89. The minimum atomic E-state index is -4.27. The Morgan fingerprint density at radius 1 is 1.11 bits per heavy atom. The van der Waals surface area contributed by atoms with Crippen molar-refractivity contribution in [3.8, 4) is 11.5 Å². The van der Waals surface area contributed by atoms with Gasteiger partial charge in [-0.3, -0.25) is 9.59 Å². The number of methoxy groups -OCH3 is 1. The van der Waals surface area contributed by atoms with Gasteiger partial charge in [0, 0.05) is 13.6 Å². The minimum absolute atomic E-state index is 0.0485. The molecule has 0 fully saturated rings. The molecular formula is C26H26FN3O6S. The zero-order valence-electron chi connectivity index (χ0n) is 20.3. The van der Waals surface area contributed by atoms with E-state index in [1.807, 2.05) is 30.3 Å². The molecule has 0 aliphatic carbocycles. The predicted molar refractivity (Wildman–Crippen MR) is 134 cm³/mol. The van der Waals surface area contributed by atoms with Gasteiger partial charge in [0.25, 0.3) is 5.91 Å². The molecule has 0 saturated heterocycles. The average molecular weight is 528 g/mol. The monoisotopic (exact) mass is 527 g/mol. The maximum atomic E-state index is 13.8. The normalized spacial score (nSPS) is 15.0. The van der Waals surface area contributed by atoms with Gasteiger partial charge < -0.3 is 19.7 Å². The van der Waals surface area contributed by atoms with Gasteiger partial charge in [0.05, 0.1) is 25.9 Å². The van der Waals surface area contributed by atoms with Gasteiger partial charge in [-0.25, -0.2) is 12.8 Å². The molecule has 3 aromatic carbocycles. The number of amides is 2. The van der Waals surface area contributed by atoms with E-state index < -0.39 is 45.2 Å². The van der Waals surface area contributed by atoms with E-state index in [0.717, 1.165) is 22.0 Å². The third kappa shape index (κ3) is 5.73. The summed E-state index contributed by atoms with van der Waals surface area (Å²) in [5.74, 6) is -1.49. The Labute approximate surface area is 214 Å². The first-order chi connectivity index (χ1) is 17.7. The van der Waals surface area contributed by atoms with E-state index in [9.17, 15) is 22.4 Å². The number of sulfonamides is 1. The van der Waals surface area contributed by atoms with Crippen LogP contribution in [-0.2, 0) is 26.2 Å². The van der Waals surface area contributed by atoms with Crippen LogP contribution >= 0.6 is 0 Å². The maximum absolute atomic E-state index is 13.8. The largest absolute Gasteiger partial charge is 0.495 e. The van der Waals surface area contributed by atoms with Gasteiger partial charge in [-0.15, -0.1) is 0 Å². The van der Waals surface area contributed by atoms with E-state index >= 15 is 0 Å². The molecule has 1 N–H and O–H groups in total. The summed E-state index contributed by atoms with van der Waals surface area (Å²) in [5.41, 5.74) is 1.31. The lowest BCUT2D eigenvalue weighted by Gasteiger charge is -2.35. The van der Waals surface area contributed by atoms with Crippen molar-refractivity contribution >= 4 is 27.5 Å². The van der Waals surface area contributed by atoms with Crippen LogP contribution in [0.3, 0.4) is 0 Å². The number of para-hydroxylation sites is 2. The van der Waals surface area contributed by atoms with Crippen LogP contribution in [-0.4, -0.2) is 57.9 Å². The molecule has 3 aromatic rings. The zero-order chi connectivity index (χ0) is 26.6. The van der Waals surface area contributed by atoms with Crippen LogP contribution in [0.15, 0.2) is 77.7 Å². The summed E-state index contributed by atoms with van der Waals surface area (Å²) < 4.78 is 51.8. The SMILES string of the molecule is COc1ccc(F)cc1S(=O)(=O)N(C)CC(=O)N1C[C@H](C(=O)NCc2ccccc2)Oc2ccccc21. The summed E-state index contributed by atoms with van der Waals surface area (Å²) in [7, 11) is -1.79. The minimum Gasteiger partial charge on any atom is -0.495 e. The van der Waals surface area contributed by atoms with Crippen molar-refractivity contribution in [1.82, 2.24) is 9.62 Å². The highest BCUT2D eigenvalue weighted by molar-refractivity contribution is 7.89. The Morgan fingerprint density at radius 2 is 1.81 bits per heavy atom. The summed E-state index contributed by atoms with van der Waals surface area (Å²) in [6.07, 6.45) is -1.01. The number of nitrogens with one attached hydrogen (secondary N) is 1. The maximum Gasteiger partial charge on any atom is 0.263 e. The van der Waals surface area contributed by atoms with Crippen molar-refractivity contribution in [2.75, 3.05) is 32.1 Å². The molecule has 1 aliphatic heterocycles. The summed E-state index contributed by atoms with van der Waals surface area (Å²) >= 11 is 0. The molecule has 1 heterocycles. The molecule has 194 valence electrons.